The molecule has 0 aromatic heterocycles. The Labute approximate surface area is 29.8 Å². The van der Waals surface area contributed by atoms with Gasteiger partial charge in [0.2, 0.25) is 0 Å². The Kier molecular flexibility index (Phi) is 1.73. The standard InChI is InChI=1S/C3H4FO/c1-3(4)2-5/h2-3H,1H2. The molecule has 1 atom stereocenters. The summed E-state index contributed by atoms with van der Waals surface area (Å²) in [6, 6.07) is 0. The van der Waals surface area contributed by atoms with Crippen molar-refractivity contribution >= 4 is 6.29 Å². The molecule has 29 valence electrons. The fourth-order valence-electron chi connectivity index (χ4n) is 0. The molecule has 0 aromatic carbocycles. The topological polar surface area (TPSA) is 17.1 Å². The van der Waals surface area contributed by atoms with Gasteiger partial charge in [-0.25, -0.2) is 4.39 Å². The summed E-state index contributed by atoms with van der Waals surface area (Å²) in [7, 11) is 0. The zero-order valence-electron chi connectivity index (χ0n) is 2.65. The molecule has 0 saturated carbocycles. The molecule has 1 nitrogen and oxygen atoms in total. The van der Waals surface area contributed by atoms with Crippen molar-refractivity contribution in [1.82, 2.24) is 0 Å². The second kappa shape index (κ2) is 1.88. The third-order valence-electron chi connectivity index (χ3n) is 0.148. The normalized spacial score (nSPS) is 14.0. The lowest BCUT2D eigenvalue weighted by Crippen LogP contribution is -1.89. The summed E-state index contributed by atoms with van der Waals surface area (Å²) in [5, 5.41) is 0. The highest BCUT2D eigenvalue weighted by atomic mass is 19.1. The van der Waals surface area contributed by atoms with E-state index in [4.69, 9.17) is 4.79 Å². The summed E-state index contributed by atoms with van der Waals surface area (Å²) in [5.74, 6) is 0. The molecule has 0 heterocycles. The predicted molar refractivity (Wildman–Crippen MR) is 16.3 cm³/mol. The smallest absolute Gasteiger partial charge is 0.155 e. The Morgan fingerprint density at radius 1 is 2.00 bits per heavy atom. The van der Waals surface area contributed by atoms with Crippen molar-refractivity contribution in [3.63, 3.8) is 0 Å². The average Bonchev–Trinajstić information content (AvgIpc) is 1.38. The maximum atomic E-state index is 11.0. The lowest BCUT2D eigenvalue weighted by atomic mass is 10.5. The molecule has 5 heavy (non-hydrogen) atoms. The Morgan fingerprint density at radius 2 is 2.20 bits per heavy atom. The minimum absolute atomic E-state index is 0.139. The van der Waals surface area contributed by atoms with Gasteiger partial charge in [-0.3, -0.25) is 0 Å². The molecule has 0 rings (SSSR count). The van der Waals surface area contributed by atoms with Gasteiger partial charge < -0.3 is 4.79 Å². The summed E-state index contributed by atoms with van der Waals surface area (Å²) in [6.07, 6.45) is -1.41. The number of hydrogen-bond donors (Lipinski definition) is 0. The third-order valence-corrected chi connectivity index (χ3v) is 0.148. The molecule has 0 spiro atoms. The van der Waals surface area contributed by atoms with E-state index in [2.05, 4.69) is 6.92 Å². The molecule has 0 saturated heterocycles. The van der Waals surface area contributed by atoms with Crippen LogP contribution in [-0.4, -0.2) is 12.5 Å². The van der Waals surface area contributed by atoms with E-state index in [9.17, 15) is 4.39 Å². The molecule has 0 aliphatic carbocycles. The van der Waals surface area contributed by atoms with E-state index in [1.54, 1.807) is 0 Å². The Morgan fingerprint density at radius 3 is 2.20 bits per heavy atom. The zero-order chi connectivity index (χ0) is 4.28. The van der Waals surface area contributed by atoms with Crippen LogP contribution in [-0.2, 0) is 4.79 Å². The molecule has 2 heteroatoms. The molecule has 0 bridgehead atoms. The van der Waals surface area contributed by atoms with Gasteiger partial charge >= 0.3 is 0 Å². The van der Waals surface area contributed by atoms with Gasteiger partial charge in [0.25, 0.3) is 0 Å². The molecule has 0 aliphatic rings. The SMILES string of the molecule is [CH2]C(F)C=O. The van der Waals surface area contributed by atoms with Crippen LogP contribution in [0, 0.1) is 6.92 Å². The molecule has 0 N–H and O–H groups in total. The molecule has 0 aromatic rings. The third kappa shape index (κ3) is 3.60. The number of carbonyl (C=O) groups is 1. The number of aldehydes is 1. The molecule has 1 unspecified atom stereocenters. The first-order valence-electron chi connectivity index (χ1n) is 1.20. The van der Waals surface area contributed by atoms with Gasteiger partial charge in [-0.05, 0) is 6.92 Å². The van der Waals surface area contributed by atoms with E-state index >= 15 is 0 Å². The van der Waals surface area contributed by atoms with E-state index in [-0.39, 0.29) is 6.29 Å². The van der Waals surface area contributed by atoms with Gasteiger partial charge in [-0.15, -0.1) is 0 Å². The maximum absolute atomic E-state index is 11.0. The van der Waals surface area contributed by atoms with Crippen LogP contribution in [0.3, 0.4) is 0 Å². The molecule has 1 radical (unpaired) electrons. The van der Waals surface area contributed by atoms with Crippen LogP contribution in [0.15, 0.2) is 0 Å². The minimum atomic E-state index is -1.55. The Balaban J connectivity index is 2.83. The highest BCUT2D eigenvalue weighted by Gasteiger charge is 1.85. The van der Waals surface area contributed by atoms with Crippen molar-refractivity contribution in [3.8, 4) is 0 Å². The second-order valence-electron chi connectivity index (χ2n) is 0.652. The Hall–Kier alpha value is -0.400. The first-order valence-corrected chi connectivity index (χ1v) is 1.20. The fourth-order valence-corrected chi connectivity index (χ4v) is 0. The maximum Gasteiger partial charge on any atom is 0.155 e. The van der Waals surface area contributed by atoms with Crippen molar-refractivity contribution in [2.45, 2.75) is 6.17 Å². The van der Waals surface area contributed by atoms with Crippen molar-refractivity contribution < 1.29 is 9.18 Å². The number of carbonyl (C=O) groups excluding carboxylic acids is 1. The first-order chi connectivity index (χ1) is 2.27. The van der Waals surface area contributed by atoms with Crippen LogP contribution < -0.4 is 0 Å². The molecular weight excluding hydrogens is 71.0 g/mol. The lowest BCUT2D eigenvalue weighted by Gasteiger charge is -1.74. The lowest BCUT2D eigenvalue weighted by molar-refractivity contribution is -0.110. The number of alkyl halides is 1. The number of hydrogen-bond acceptors (Lipinski definition) is 1. The van der Waals surface area contributed by atoms with Gasteiger partial charge in [0.1, 0.15) is 0 Å². The van der Waals surface area contributed by atoms with Crippen LogP contribution >= 0.6 is 0 Å². The molecule has 0 aliphatic heterocycles. The highest BCUT2D eigenvalue weighted by molar-refractivity contribution is 5.56. The van der Waals surface area contributed by atoms with Crippen molar-refractivity contribution in [2.75, 3.05) is 0 Å². The van der Waals surface area contributed by atoms with E-state index < -0.39 is 6.17 Å². The summed E-state index contributed by atoms with van der Waals surface area (Å²) < 4.78 is 11.0. The molecule has 0 fully saturated rings. The second-order valence-corrected chi connectivity index (χ2v) is 0.652. The zero-order valence-corrected chi connectivity index (χ0v) is 2.65. The number of rotatable bonds is 1. The predicted octanol–water partition coefficient (Wildman–Crippen LogP) is 0.357. The van der Waals surface area contributed by atoms with E-state index in [1.165, 1.54) is 0 Å². The van der Waals surface area contributed by atoms with Gasteiger partial charge in [0, 0.05) is 0 Å². The summed E-state index contributed by atoms with van der Waals surface area (Å²) in [6.45, 7) is 2.72. The van der Waals surface area contributed by atoms with Gasteiger partial charge in [-0.2, -0.15) is 0 Å². The van der Waals surface area contributed by atoms with Crippen LogP contribution in [0.25, 0.3) is 0 Å². The van der Waals surface area contributed by atoms with Crippen LogP contribution in [0.4, 0.5) is 4.39 Å². The average molecular weight is 75.1 g/mol. The fraction of sp³-hybridized carbons (Fsp3) is 0.333. The monoisotopic (exact) mass is 75.0 g/mol. The van der Waals surface area contributed by atoms with Crippen LogP contribution in [0.5, 0.6) is 0 Å². The largest absolute Gasteiger partial charge is 0.300 e. The van der Waals surface area contributed by atoms with Crippen molar-refractivity contribution in [2.24, 2.45) is 0 Å². The summed E-state index contributed by atoms with van der Waals surface area (Å²) in [4.78, 5) is 9.07. The summed E-state index contributed by atoms with van der Waals surface area (Å²) in [5.41, 5.74) is 0. The number of halogens is 1. The van der Waals surface area contributed by atoms with Gasteiger partial charge in [0.05, 0.1) is 0 Å². The van der Waals surface area contributed by atoms with E-state index in [0.29, 0.717) is 0 Å². The van der Waals surface area contributed by atoms with Crippen molar-refractivity contribution in [1.29, 1.82) is 0 Å². The van der Waals surface area contributed by atoms with Crippen LogP contribution in [0.1, 0.15) is 0 Å². The minimum Gasteiger partial charge on any atom is -0.300 e. The first kappa shape index (κ1) is 4.60. The highest BCUT2D eigenvalue weighted by Crippen LogP contribution is 1.74. The van der Waals surface area contributed by atoms with Crippen LogP contribution in [0.2, 0.25) is 0 Å². The van der Waals surface area contributed by atoms with E-state index in [1.807, 2.05) is 0 Å². The van der Waals surface area contributed by atoms with Crippen molar-refractivity contribution in [3.05, 3.63) is 6.92 Å². The van der Waals surface area contributed by atoms with Gasteiger partial charge in [-0.1, -0.05) is 0 Å². The molecular formula is C3H4FO. The quantitative estimate of drug-likeness (QED) is 0.411. The molecule has 0 amide bonds. The van der Waals surface area contributed by atoms with E-state index in [0.717, 1.165) is 0 Å². The summed E-state index contributed by atoms with van der Waals surface area (Å²) >= 11 is 0. The Bertz CT molecular complexity index is 33.9. The van der Waals surface area contributed by atoms with Gasteiger partial charge in [0.15, 0.2) is 12.5 Å².